The quantitative estimate of drug-likeness (QED) is 0.799. The van der Waals surface area contributed by atoms with Gasteiger partial charge in [-0.2, -0.15) is 0 Å². The summed E-state index contributed by atoms with van der Waals surface area (Å²) in [6, 6.07) is 2.61. The monoisotopic (exact) mass is 194 g/mol. The van der Waals surface area contributed by atoms with Crippen molar-refractivity contribution in [2.24, 2.45) is 5.92 Å². The Hall–Kier alpha value is -0.830. The van der Waals surface area contributed by atoms with Crippen LogP contribution in [-0.2, 0) is 6.54 Å². The molecule has 2 unspecified atom stereocenters. The van der Waals surface area contributed by atoms with Crippen LogP contribution in [0.3, 0.4) is 0 Å². The maximum Gasteiger partial charge on any atom is 0.124 e. The third-order valence-corrected chi connectivity index (χ3v) is 3.18. The number of rotatable bonds is 4. The zero-order valence-corrected chi connectivity index (χ0v) is 8.70. The van der Waals surface area contributed by atoms with Crippen LogP contribution in [0.15, 0.2) is 16.9 Å². The van der Waals surface area contributed by atoms with Gasteiger partial charge in [0.05, 0.1) is 5.69 Å². The Morgan fingerprint density at radius 3 is 3.14 bits per heavy atom. The van der Waals surface area contributed by atoms with Crippen LogP contribution < -0.4 is 5.32 Å². The van der Waals surface area contributed by atoms with Crippen LogP contribution in [0.1, 0.15) is 38.3 Å². The molecular formula is C11H18N2O. The van der Waals surface area contributed by atoms with Crippen LogP contribution in [-0.4, -0.2) is 11.2 Å². The van der Waals surface area contributed by atoms with E-state index in [1.165, 1.54) is 25.7 Å². The average molecular weight is 194 g/mol. The van der Waals surface area contributed by atoms with E-state index in [4.69, 9.17) is 4.52 Å². The molecular weight excluding hydrogens is 176 g/mol. The van der Waals surface area contributed by atoms with Crippen LogP contribution in [0.25, 0.3) is 0 Å². The lowest BCUT2D eigenvalue weighted by Crippen LogP contribution is -2.25. The van der Waals surface area contributed by atoms with E-state index in [2.05, 4.69) is 17.4 Å². The molecule has 0 radical (unpaired) electrons. The van der Waals surface area contributed by atoms with Gasteiger partial charge in [0.15, 0.2) is 0 Å². The molecule has 1 N–H and O–H groups in total. The van der Waals surface area contributed by atoms with Gasteiger partial charge in [-0.3, -0.25) is 0 Å². The molecule has 3 heteroatoms. The van der Waals surface area contributed by atoms with Crippen molar-refractivity contribution in [1.29, 1.82) is 0 Å². The maximum absolute atomic E-state index is 4.78. The topological polar surface area (TPSA) is 38.1 Å². The second-order valence-electron chi connectivity index (χ2n) is 4.16. The lowest BCUT2D eigenvalue weighted by molar-refractivity contribution is 0.402. The molecule has 0 saturated heterocycles. The van der Waals surface area contributed by atoms with Gasteiger partial charge in [-0.15, -0.1) is 0 Å². The molecule has 0 amide bonds. The standard InChI is InChI=1S/C11H18N2O/c1-2-9-3-4-10(7-9)12-8-11-5-6-14-13-11/h5-6,9-10,12H,2-4,7-8H2,1H3. The molecule has 2 atom stereocenters. The van der Waals surface area contributed by atoms with E-state index in [1.807, 2.05) is 6.07 Å². The number of hydrogen-bond donors (Lipinski definition) is 1. The fourth-order valence-corrected chi connectivity index (χ4v) is 2.21. The SMILES string of the molecule is CCC1CCC(NCc2ccon2)C1. The van der Waals surface area contributed by atoms with Gasteiger partial charge in [0, 0.05) is 18.7 Å². The van der Waals surface area contributed by atoms with E-state index in [1.54, 1.807) is 6.26 Å². The summed E-state index contributed by atoms with van der Waals surface area (Å²) in [6.45, 7) is 3.13. The first kappa shape index (κ1) is 9.71. The lowest BCUT2D eigenvalue weighted by Gasteiger charge is -2.10. The Bertz CT molecular complexity index is 258. The summed E-state index contributed by atoms with van der Waals surface area (Å²) in [5.74, 6) is 0.935. The summed E-state index contributed by atoms with van der Waals surface area (Å²) >= 11 is 0. The summed E-state index contributed by atoms with van der Waals surface area (Å²) in [6.07, 6.45) is 6.97. The van der Waals surface area contributed by atoms with Crippen molar-refractivity contribution >= 4 is 0 Å². The first-order valence-corrected chi connectivity index (χ1v) is 5.51. The van der Waals surface area contributed by atoms with Gasteiger partial charge < -0.3 is 9.84 Å². The van der Waals surface area contributed by atoms with E-state index >= 15 is 0 Å². The lowest BCUT2D eigenvalue weighted by atomic mass is 10.1. The molecule has 0 bridgehead atoms. The zero-order valence-electron chi connectivity index (χ0n) is 8.70. The Kier molecular flexibility index (Phi) is 3.19. The smallest absolute Gasteiger partial charge is 0.124 e. The molecule has 1 aromatic rings. The Morgan fingerprint density at radius 1 is 1.57 bits per heavy atom. The average Bonchev–Trinajstić information content (AvgIpc) is 2.86. The van der Waals surface area contributed by atoms with Gasteiger partial charge in [-0.05, 0) is 25.2 Å². The first-order chi connectivity index (χ1) is 6.88. The van der Waals surface area contributed by atoms with E-state index < -0.39 is 0 Å². The summed E-state index contributed by atoms with van der Waals surface area (Å²) in [7, 11) is 0. The third-order valence-electron chi connectivity index (χ3n) is 3.18. The predicted octanol–water partition coefficient (Wildman–Crippen LogP) is 2.34. The molecule has 0 spiro atoms. The molecule has 1 aliphatic carbocycles. The minimum atomic E-state index is 0.691. The molecule has 1 aromatic heterocycles. The molecule has 2 rings (SSSR count). The van der Waals surface area contributed by atoms with Gasteiger partial charge in [-0.1, -0.05) is 18.5 Å². The van der Waals surface area contributed by atoms with Gasteiger partial charge in [0.2, 0.25) is 0 Å². The number of hydrogen-bond acceptors (Lipinski definition) is 3. The highest BCUT2D eigenvalue weighted by molar-refractivity contribution is 4.95. The summed E-state index contributed by atoms with van der Waals surface area (Å²) in [4.78, 5) is 0. The Balaban J connectivity index is 1.72. The summed E-state index contributed by atoms with van der Waals surface area (Å²) < 4.78 is 4.78. The van der Waals surface area contributed by atoms with Crippen LogP contribution in [0, 0.1) is 5.92 Å². The van der Waals surface area contributed by atoms with Crippen molar-refractivity contribution in [2.75, 3.05) is 0 Å². The van der Waals surface area contributed by atoms with Crippen LogP contribution in [0.4, 0.5) is 0 Å². The Labute approximate surface area is 84.9 Å². The van der Waals surface area contributed by atoms with Crippen molar-refractivity contribution in [2.45, 2.75) is 45.2 Å². The van der Waals surface area contributed by atoms with E-state index in [9.17, 15) is 0 Å². The minimum absolute atomic E-state index is 0.691. The highest BCUT2D eigenvalue weighted by Crippen LogP contribution is 2.27. The van der Waals surface area contributed by atoms with E-state index in [0.29, 0.717) is 6.04 Å². The minimum Gasteiger partial charge on any atom is -0.364 e. The van der Waals surface area contributed by atoms with E-state index in [-0.39, 0.29) is 0 Å². The molecule has 78 valence electrons. The van der Waals surface area contributed by atoms with Crippen LogP contribution in [0.2, 0.25) is 0 Å². The third kappa shape index (κ3) is 2.35. The largest absolute Gasteiger partial charge is 0.364 e. The fourth-order valence-electron chi connectivity index (χ4n) is 2.21. The number of nitrogens with one attached hydrogen (secondary N) is 1. The van der Waals surface area contributed by atoms with Gasteiger partial charge >= 0.3 is 0 Å². The highest BCUT2D eigenvalue weighted by Gasteiger charge is 2.22. The normalized spacial score (nSPS) is 26.9. The van der Waals surface area contributed by atoms with Crippen molar-refractivity contribution in [1.82, 2.24) is 10.5 Å². The zero-order chi connectivity index (χ0) is 9.80. The molecule has 0 aromatic carbocycles. The first-order valence-electron chi connectivity index (χ1n) is 5.51. The summed E-state index contributed by atoms with van der Waals surface area (Å²) in [5, 5.41) is 7.40. The van der Waals surface area contributed by atoms with Crippen molar-refractivity contribution in [3.63, 3.8) is 0 Å². The molecule has 3 nitrogen and oxygen atoms in total. The molecule has 14 heavy (non-hydrogen) atoms. The predicted molar refractivity (Wildman–Crippen MR) is 54.8 cm³/mol. The molecule has 0 aliphatic heterocycles. The van der Waals surface area contributed by atoms with E-state index in [0.717, 1.165) is 18.2 Å². The van der Waals surface area contributed by atoms with Crippen LogP contribution in [0.5, 0.6) is 0 Å². The van der Waals surface area contributed by atoms with Gasteiger partial charge in [0.1, 0.15) is 6.26 Å². The maximum atomic E-state index is 4.78. The van der Waals surface area contributed by atoms with Crippen molar-refractivity contribution < 1.29 is 4.52 Å². The second-order valence-corrected chi connectivity index (χ2v) is 4.16. The van der Waals surface area contributed by atoms with Gasteiger partial charge in [-0.25, -0.2) is 0 Å². The second kappa shape index (κ2) is 4.60. The number of nitrogens with zero attached hydrogens (tertiary/aromatic N) is 1. The molecule has 1 saturated carbocycles. The van der Waals surface area contributed by atoms with Gasteiger partial charge in [0.25, 0.3) is 0 Å². The molecule has 1 heterocycles. The van der Waals surface area contributed by atoms with Crippen molar-refractivity contribution in [3.05, 3.63) is 18.0 Å². The number of aromatic nitrogens is 1. The Morgan fingerprint density at radius 2 is 2.50 bits per heavy atom. The molecule has 1 fully saturated rings. The summed E-state index contributed by atoms with van der Waals surface area (Å²) in [5.41, 5.74) is 1.00. The molecule has 1 aliphatic rings. The highest BCUT2D eigenvalue weighted by atomic mass is 16.5. The van der Waals surface area contributed by atoms with Crippen molar-refractivity contribution in [3.8, 4) is 0 Å². The van der Waals surface area contributed by atoms with Crippen LogP contribution >= 0.6 is 0 Å². The fraction of sp³-hybridized carbons (Fsp3) is 0.727.